The predicted molar refractivity (Wildman–Crippen MR) is 86.2 cm³/mol. The molecule has 0 aliphatic carbocycles. The summed E-state index contributed by atoms with van der Waals surface area (Å²) < 4.78 is 5.47. The molecule has 9 nitrogen and oxygen atoms in total. The Kier molecular flexibility index (Phi) is 4.79. The van der Waals surface area contributed by atoms with Crippen molar-refractivity contribution in [1.82, 2.24) is 15.1 Å². The smallest absolute Gasteiger partial charge is 0.284 e. The molecule has 0 N–H and O–H groups in total. The molecule has 25 heavy (non-hydrogen) atoms. The van der Waals surface area contributed by atoms with Gasteiger partial charge >= 0.3 is 0 Å². The Morgan fingerprint density at radius 2 is 2.24 bits per heavy atom. The van der Waals surface area contributed by atoms with Gasteiger partial charge < -0.3 is 9.32 Å². The van der Waals surface area contributed by atoms with Crippen molar-refractivity contribution in [2.24, 2.45) is 0 Å². The Morgan fingerprint density at radius 3 is 2.88 bits per heavy atom. The van der Waals surface area contributed by atoms with Crippen LogP contribution in [0.5, 0.6) is 0 Å². The number of carbonyl (C=O) groups excluding carboxylic acids is 2. The lowest BCUT2D eigenvalue weighted by Gasteiger charge is -2.11. The van der Waals surface area contributed by atoms with Crippen LogP contribution >= 0.6 is 11.8 Å². The van der Waals surface area contributed by atoms with Gasteiger partial charge in [0.2, 0.25) is 11.8 Å². The van der Waals surface area contributed by atoms with E-state index in [2.05, 4.69) is 10.2 Å². The molecule has 0 spiro atoms. The maximum atomic E-state index is 11.6. The molecule has 1 aromatic heterocycles. The molecule has 1 aromatic carbocycles. The monoisotopic (exact) mass is 362 g/mol. The fraction of sp³-hybridized carbons (Fsp3) is 0.333. The SMILES string of the molecule is CC(=O)c1ccc(Sc2nnc(CN3CCCC3=O)o2)c([N+](=O)[O-])c1. The van der Waals surface area contributed by atoms with E-state index < -0.39 is 4.92 Å². The van der Waals surface area contributed by atoms with Gasteiger partial charge in [-0.05, 0) is 37.2 Å². The number of amides is 1. The Bertz CT molecular complexity index is 850. The number of likely N-dealkylation sites (tertiary alicyclic amines) is 1. The molecule has 2 heterocycles. The van der Waals surface area contributed by atoms with Crippen LogP contribution < -0.4 is 0 Å². The van der Waals surface area contributed by atoms with E-state index in [9.17, 15) is 19.7 Å². The van der Waals surface area contributed by atoms with Gasteiger partial charge in [-0.3, -0.25) is 19.7 Å². The Morgan fingerprint density at radius 1 is 1.44 bits per heavy atom. The summed E-state index contributed by atoms with van der Waals surface area (Å²) in [7, 11) is 0. The minimum absolute atomic E-state index is 0.0443. The van der Waals surface area contributed by atoms with Gasteiger partial charge in [0.25, 0.3) is 10.9 Å². The van der Waals surface area contributed by atoms with Gasteiger partial charge in [0.1, 0.15) is 0 Å². The molecule has 0 radical (unpaired) electrons. The number of ketones is 1. The number of carbonyl (C=O) groups is 2. The van der Waals surface area contributed by atoms with Gasteiger partial charge in [0.15, 0.2) is 5.78 Å². The molecule has 1 aliphatic rings. The van der Waals surface area contributed by atoms with E-state index in [1.807, 2.05) is 0 Å². The zero-order valence-corrected chi connectivity index (χ0v) is 14.1. The number of hydrogen-bond acceptors (Lipinski definition) is 8. The van der Waals surface area contributed by atoms with Crippen molar-refractivity contribution < 1.29 is 18.9 Å². The molecule has 1 aliphatic heterocycles. The van der Waals surface area contributed by atoms with Crippen molar-refractivity contribution in [3.8, 4) is 0 Å². The first-order chi connectivity index (χ1) is 11.9. The van der Waals surface area contributed by atoms with Crippen molar-refractivity contribution in [3.63, 3.8) is 0 Å². The average Bonchev–Trinajstić information content (AvgIpc) is 3.17. The number of nitro benzene ring substituents is 1. The van der Waals surface area contributed by atoms with E-state index in [1.54, 1.807) is 4.90 Å². The van der Waals surface area contributed by atoms with Crippen LogP contribution in [0.2, 0.25) is 0 Å². The third-order valence-electron chi connectivity index (χ3n) is 3.71. The number of hydrogen-bond donors (Lipinski definition) is 0. The van der Waals surface area contributed by atoms with Gasteiger partial charge in [0.05, 0.1) is 16.4 Å². The first kappa shape index (κ1) is 17.1. The van der Waals surface area contributed by atoms with Crippen LogP contribution in [0.1, 0.15) is 36.0 Å². The molecule has 1 saturated heterocycles. The number of aromatic nitrogens is 2. The van der Waals surface area contributed by atoms with Crippen LogP contribution in [-0.4, -0.2) is 38.3 Å². The molecule has 2 aromatic rings. The minimum atomic E-state index is -0.561. The lowest BCUT2D eigenvalue weighted by atomic mass is 10.1. The van der Waals surface area contributed by atoms with Gasteiger partial charge in [-0.15, -0.1) is 10.2 Å². The Hall–Kier alpha value is -2.75. The second kappa shape index (κ2) is 7.01. The van der Waals surface area contributed by atoms with E-state index in [-0.39, 0.29) is 40.6 Å². The maximum Gasteiger partial charge on any atom is 0.284 e. The molecule has 10 heteroatoms. The molecule has 0 atom stereocenters. The molecule has 0 bridgehead atoms. The summed E-state index contributed by atoms with van der Waals surface area (Å²) in [6.07, 6.45) is 1.33. The number of nitrogens with zero attached hydrogens (tertiary/aromatic N) is 4. The van der Waals surface area contributed by atoms with Gasteiger partial charge in [-0.1, -0.05) is 0 Å². The molecule has 130 valence electrons. The zero-order valence-electron chi connectivity index (χ0n) is 13.3. The Labute approximate surface area is 146 Å². The summed E-state index contributed by atoms with van der Waals surface area (Å²) in [6.45, 7) is 2.23. The molecular weight excluding hydrogens is 348 g/mol. The van der Waals surface area contributed by atoms with E-state index in [4.69, 9.17) is 4.42 Å². The average molecular weight is 362 g/mol. The summed E-state index contributed by atoms with van der Waals surface area (Å²) in [5, 5.41) is 19.1. The number of benzene rings is 1. The van der Waals surface area contributed by atoms with Crippen molar-refractivity contribution in [1.29, 1.82) is 0 Å². The largest absolute Gasteiger partial charge is 0.414 e. The third-order valence-corrected chi connectivity index (χ3v) is 4.61. The van der Waals surface area contributed by atoms with Crippen molar-refractivity contribution in [2.75, 3.05) is 6.54 Å². The highest BCUT2D eigenvalue weighted by Crippen LogP contribution is 2.35. The topological polar surface area (TPSA) is 119 Å². The molecule has 1 amide bonds. The van der Waals surface area contributed by atoms with Crippen molar-refractivity contribution in [2.45, 2.75) is 36.4 Å². The summed E-state index contributed by atoms with van der Waals surface area (Å²) >= 11 is 0.946. The standard InChI is InChI=1S/C15H14N4O5S/c1-9(20)10-4-5-12(11(7-10)19(22)23)25-15-17-16-13(24-15)8-18-6-2-3-14(18)21/h4-5,7H,2-3,6,8H2,1H3. The number of rotatable bonds is 6. The maximum absolute atomic E-state index is 11.6. The highest BCUT2D eigenvalue weighted by atomic mass is 32.2. The summed E-state index contributed by atoms with van der Waals surface area (Å²) in [5.74, 6) is 0.0682. The van der Waals surface area contributed by atoms with E-state index in [1.165, 1.54) is 25.1 Å². The quantitative estimate of drug-likeness (QED) is 0.436. The molecule has 0 saturated carbocycles. The molecular formula is C15H14N4O5S. The lowest BCUT2D eigenvalue weighted by Crippen LogP contribution is -2.23. The second-order valence-corrected chi connectivity index (χ2v) is 6.47. The van der Waals surface area contributed by atoms with Crippen LogP contribution in [0.15, 0.2) is 32.7 Å². The normalized spacial score (nSPS) is 14.1. The van der Waals surface area contributed by atoms with Crippen molar-refractivity contribution in [3.05, 3.63) is 39.8 Å². The third kappa shape index (κ3) is 3.85. The highest BCUT2D eigenvalue weighted by Gasteiger charge is 2.23. The number of Topliss-reactive ketones (excluding diaryl/α,β-unsaturated/α-hetero) is 1. The van der Waals surface area contributed by atoms with E-state index >= 15 is 0 Å². The van der Waals surface area contributed by atoms with Crippen molar-refractivity contribution >= 4 is 29.1 Å². The summed E-state index contributed by atoms with van der Waals surface area (Å²) in [4.78, 5) is 35.6. The molecule has 3 rings (SSSR count). The predicted octanol–water partition coefficient (Wildman–Crippen LogP) is 2.45. The van der Waals surface area contributed by atoms with Crippen LogP contribution in [-0.2, 0) is 11.3 Å². The number of nitro groups is 1. The zero-order chi connectivity index (χ0) is 18.0. The minimum Gasteiger partial charge on any atom is -0.414 e. The Balaban J connectivity index is 1.77. The highest BCUT2D eigenvalue weighted by molar-refractivity contribution is 7.99. The first-order valence-corrected chi connectivity index (χ1v) is 8.33. The van der Waals surface area contributed by atoms with Crippen LogP contribution in [0.3, 0.4) is 0 Å². The lowest BCUT2D eigenvalue weighted by molar-refractivity contribution is -0.387. The fourth-order valence-corrected chi connectivity index (χ4v) is 3.22. The fourth-order valence-electron chi connectivity index (χ4n) is 2.44. The van der Waals surface area contributed by atoms with Gasteiger partial charge in [0, 0.05) is 24.6 Å². The van der Waals surface area contributed by atoms with Crippen LogP contribution in [0, 0.1) is 10.1 Å². The van der Waals surface area contributed by atoms with E-state index in [0.29, 0.717) is 17.9 Å². The summed E-state index contributed by atoms with van der Waals surface area (Å²) in [5.41, 5.74) is 0.0574. The molecule has 1 fully saturated rings. The van der Waals surface area contributed by atoms with E-state index in [0.717, 1.165) is 18.2 Å². The van der Waals surface area contributed by atoms with Crippen LogP contribution in [0.4, 0.5) is 5.69 Å². The second-order valence-electron chi connectivity index (χ2n) is 5.48. The summed E-state index contributed by atoms with van der Waals surface area (Å²) in [6, 6.07) is 4.22. The van der Waals surface area contributed by atoms with Crippen LogP contribution in [0.25, 0.3) is 0 Å². The molecule has 0 unspecified atom stereocenters. The van der Waals surface area contributed by atoms with Gasteiger partial charge in [-0.2, -0.15) is 0 Å². The first-order valence-electron chi connectivity index (χ1n) is 7.51. The van der Waals surface area contributed by atoms with Gasteiger partial charge in [-0.25, -0.2) is 0 Å².